The zero-order valence-corrected chi connectivity index (χ0v) is 9.51. The molecule has 0 aromatic heterocycles. The molecule has 2 amide bonds. The largest absolute Gasteiger partial charge is 0.383 e. The van der Waals surface area contributed by atoms with Gasteiger partial charge >= 0.3 is 6.03 Å². The Morgan fingerprint density at radius 3 is 3.06 bits per heavy atom. The van der Waals surface area contributed by atoms with Crippen molar-refractivity contribution in [3.8, 4) is 0 Å². The fourth-order valence-corrected chi connectivity index (χ4v) is 2.45. The molecule has 2 fully saturated rings. The highest BCUT2D eigenvalue weighted by molar-refractivity contribution is 6.08. The van der Waals surface area contributed by atoms with Crippen LogP contribution in [0.4, 0.5) is 4.79 Å². The first-order valence-electron chi connectivity index (χ1n) is 5.58. The summed E-state index contributed by atoms with van der Waals surface area (Å²) in [6, 6.07) is -0.175. The summed E-state index contributed by atoms with van der Waals surface area (Å²) in [5.74, 6) is 0.320. The molecule has 2 rings (SSSR count). The van der Waals surface area contributed by atoms with Gasteiger partial charge in [-0.2, -0.15) is 0 Å². The number of nitrogens with zero attached hydrogens (tertiary/aromatic N) is 1. The molecule has 6 nitrogen and oxygen atoms in total. The van der Waals surface area contributed by atoms with E-state index in [1.54, 1.807) is 12.0 Å². The molecule has 2 heterocycles. The van der Waals surface area contributed by atoms with Crippen molar-refractivity contribution in [3.05, 3.63) is 0 Å². The highest BCUT2D eigenvalue weighted by Crippen LogP contribution is 2.28. The lowest BCUT2D eigenvalue weighted by molar-refractivity contribution is 0.112. The molecule has 1 unspecified atom stereocenters. The number of hydrogen-bond donors (Lipinski definition) is 3. The number of hydrogen-bond acceptors (Lipinski definition) is 4. The zero-order valence-electron chi connectivity index (χ0n) is 9.51. The first kappa shape index (κ1) is 11.3. The van der Waals surface area contributed by atoms with Crippen molar-refractivity contribution in [2.24, 2.45) is 0 Å². The molecule has 90 valence electrons. The van der Waals surface area contributed by atoms with Crippen molar-refractivity contribution in [2.45, 2.75) is 18.4 Å². The Bertz CT molecular complexity index is 299. The number of rotatable bonds is 3. The summed E-state index contributed by atoms with van der Waals surface area (Å²) in [4.78, 5) is 13.5. The van der Waals surface area contributed by atoms with Crippen LogP contribution in [0.3, 0.4) is 0 Å². The van der Waals surface area contributed by atoms with Gasteiger partial charge in [0.05, 0.1) is 6.61 Å². The summed E-state index contributed by atoms with van der Waals surface area (Å²) in [5.41, 5.74) is -0.464. The van der Waals surface area contributed by atoms with Crippen LogP contribution in [-0.4, -0.2) is 55.7 Å². The number of carbonyl (C=O) groups is 1. The van der Waals surface area contributed by atoms with Crippen molar-refractivity contribution >= 4 is 11.9 Å². The molecular formula is C10H18N4O2. The van der Waals surface area contributed by atoms with Crippen LogP contribution in [0.5, 0.6) is 0 Å². The smallest absolute Gasteiger partial charge is 0.323 e. The molecule has 0 aromatic carbocycles. The summed E-state index contributed by atoms with van der Waals surface area (Å²) in [6.07, 6.45) is 1.84. The number of methoxy groups -OCH3 is 1. The average Bonchev–Trinajstić information content (AvgIpc) is 2.50. The van der Waals surface area contributed by atoms with Gasteiger partial charge in [-0.3, -0.25) is 10.7 Å². The molecule has 2 saturated heterocycles. The second-order valence-corrected chi connectivity index (χ2v) is 4.26. The molecular weight excluding hydrogens is 208 g/mol. The third-order valence-electron chi connectivity index (χ3n) is 3.34. The lowest BCUT2D eigenvalue weighted by Gasteiger charge is -2.39. The quantitative estimate of drug-likeness (QED) is 0.621. The van der Waals surface area contributed by atoms with Crippen LogP contribution in [0, 0.1) is 5.41 Å². The minimum Gasteiger partial charge on any atom is -0.383 e. The van der Waals surface area contributed by atoms with Crippen molar-refractivity contribution in [1.82, 2.24) is 15.5 Å². The van der Waals surface area contributed by atoms with Gasteiger partial charge in [-0.1, -0.05) is 0 Å². The predicted octanol–water partition coefficient (Wildman–Crippen LogP) is -0.243. The Morgan fingerprint density at radius 1 is 1.62 bits per heavy atom. The van der Waals surface area contributed by atoms with E-state index in [9.17, 15) is 4.79 Å². The third-order valence-corrected chi connectivity index (χ3v) is 3.34. The van der Waals surface area contributed by atoms with Gasteiger partial charge in [0.25, 0.3) is 0 Å². The molecule has 2 aliphatic rings. The van der Waals surface area contributed by atoms with Gasteiger partial charge in [0.1, 0.15) is 11.4 Å². The normalized spacial score (nSPS) is 29.9. The number of amides is 2. The van der Waals surface area contributed by atoms with E-state index < -0.39 is 5.54 Å². The third kappa shape index (κ3) is 1.68. The number of amidine groups is 1. The van der Waals surface area contributed by atoms with Gasteiger partial charge in [0.2, 0.25) is 0 Å². The fraction of sp³-hybridized carbons (Fsp3) is 0.800. The molecule has 0 bridgehead atoms. The Hall–Kier alpha value is -1.14. The fourth-order valence-electron chi connectivity index (χ4n) is 2.45. The van der Waals surface area contributed by atoms with Gasteiger partial charge in [0, 0.05) is 20.2 Å². The van der Waals surface area contributed by atoms with Crippen LogP contribution in [0.25, 0.3) is 0 Å². The lowest BCUT2D eigenvalue weighted by Crippen LogP contribution is -2.59. The Labute approximate surface area is 94.8 Å². The van der Waals surface area contributed by atoms with E-state index in [2.05, 4.69) is 10.6 Å². The highest BCUT2D eigenvalue weighted by atomic mass is 16.5. The Kier molecular flexibility index (Phi) is 3.11. The summed E-state index contributed by atoms with van der Waals surface area (Å²) < 4.78 is 5.01. The lowest BCUT2D eigenvalue weighted by atomic mass is 9.88. The second-order valence-electron chi connectivity index (χ2n) is 4.26. The van der Waals surface area contributed by atoms with Crippen LogP contribution in [0.1, 0.15) is 12.8 Å². The van der Waals surface area contributed by atoms with E-state index in [1.165, 1.54) is 0 Å². The number of carbonyl (C=O) groups excluding carboxylic acids is 1. The highest BCUT2D eigenvalue weighted by Gasteiger charge is 2.50. The topological polar surface area (TPSA) is 77.5 Å². The van der Waals surface area contributed by atoms with Crippen molar-refractivity contribution in [2.75, 3.05) is 33.4 Å². The van der Waals surface area contributed by atoms with Gasteiger partial charge in [0.15, 0.2) is 0 Å². The van der Waals surface area contributed by atoms with E-state index in [1.807, 2.05) is 0 Å². The molecule has 0 aromatic rings. The molecule has 0 aliphatic carbocycles. The van der Waals surface area contributed by atoms with Crippen molar-refractivity contribution < 1.29 is 9.53 Å². The van der Waals surface area contributed by atoms with Gasteiger partial charge in [-0.25, -0.2) is 4.79 Å². The number of nitrogens with one attached hydrogen (secondary N) is 3. The van der Waals surface area contributed by atoms with Gasteiger partial charge in [-0.15, -0.1) is 0 Å². The van der Waals surface area contributed by atoms with Crippen LogP contribution >= 0.6 is 0 Å². The number of urea groups is 1. The average molecular weight is 226 g/mol. The first-order chi connectivity index (χ1) is 7.70. The van der Waals surface area contributed by atoms with E-state index in [0.717, 1.165) is 19.4 Å². The summed E-state index contributed by atoms with van der Waals surface area (Å²) in [5, 5.41) is 13.8. The van der Waals surface area contributed by atoms with E-state index in [0.29, 0.717) is 25.5 Å². The van der Waals surface area contributed by atoms with E-state index >= 15 is 0 Å². The molecule has 0 saturated carbocycles. The SMILES string of the molecule is COCCN1C(=O)NC(=N)C12CCCNC2. The van der Waals surface area contributed by atoms with Crippen molar-refractivity contribution in [1.29, 1.82) is 5.41 Å². The molecule has 16 heavy (non-hydrogen) atoms. The maximum Gasteiger partial charge on any atom is 0.323 e. The maximum atomic E-state index is 11.8. The van der Waals surface area contributed by atoms with E-state index in [4.69, 9.17) is 10.1 Å². The monoisotopic (exact) mass is 226 g/mol. The van der Waals surface area contributed by atoms with Crippen molar-refractivity contribution in [3.63, 3.8) is 0 Å². The Balaban J connectivity index is 2.17. The zero-order chi connectivity index (χ0) is 11.6. The minimum atomic E-state index is -0.464. The molecule has 2 aliphatic heterocycles. The van der Waals surface area contributed by atoms with Crippen LogP contribution in [0.2, 0.25) is 0 Å². The Morgan fingerprint density at radius 2 is 2.44 bits per heavy atom. The summed E-state index contributed by atoms with van der Waals surface area (Å²) in [7, 11) is 1.62. The minimum absolute atomic E-state index is 0.175. The molecule has 0 radical (unpaired) electrons. The number of ether oxygens (including phenoxy) is 1. The second kappa shape index (κ2) is 4.39. The van der Waals surface area contributed by atoms with Crippen LogP contribution in [0.15, 0.2) is 0 Å². The number of piperidine rings is 1. The van der Waals surface area contributed by atoms with Crippen LogP contribution < -0.4 is 10.6 Å². The van der Waals surface area contributed by atoms with E-state index in [-0.39, 0.29) is 6.03 Å². The summed E-state index contributed by atoms with van der Waals surface area (Å²) >= 11 is 0. The molecule has 3 N–H and O–H groups in total. The van der Waals surface area contributed by atoms with Crippen LogP contribution in [-0.2, 0) is 4.74 Å². The molecule has 1 atom stereocenters. The standard InChI is InChI=1S/C10H18N4O2/c1-16-6-5-14-9(15)13-8(11)10(14)3-2-4-12-7-10/h12H,2-7H2,1H3,(H2,11,13,15). The van der Waals surface area contributed by atoms with Gasteiger partial charge < -0.3 is 15.0 Å². The van der Waals surface area contributed by atoms with Gasteiger partial charge in [-0.05, 0) is 19.4 Å². The molecule has 1 spiro atoms. The predicted molar refractivity (Wildman–Crippen MR) is 59.7 cm³/mol. The summed E-state index contributed by atoms with van der Waals surface area (Å²) in [6.45, 7) is 2.66. The molecule has 6 heteroatoms. The maximum absolute atomic E-state index is 11.8. The first-order valence-corrected chi connectivity index (χ1v) is 5.58.